The predicted molar refractivity (Wildman–Crippen MR) is 90.1 cm³/mol. The van der Waals surface area contributed by atoms with Gasteiger partial charge in [0.05, 0.1) is 11.8 Å². The van der Waals surface area contributed by atoms with E-state index in [4.69, 9.17) is 4.42 Å². The number of carbonyl (C=O) groups is 1. The first-order valence-corrected chi connectivity index (χ1v) is 8.74. The highest BCUT2D eigenvalue weighted by Gasteiger charge is 2.42. The molecule has 1 aliphatic carbocycles. The second-order valence-electron chi connectivity index (χ2n) is 6.16. The molecule has 2 aromatic rings. The van der Waals surface area contributed by atoms with Crippen molar-refractivity contribution in [3.05, 3.63) is 29.8 Å². The summed E-state index contributed by atoms with van der Waals surface area (Å²) in [6, 6.07) is 9.98. The van der Waals surface area contributed by atoms with Crippen molar-refractivity contribution in [2.75, 3.05) is 5.75 Å². The molecule has 124 valence electrons. The van der Waals surface area contributed by atoms with Crippen LogP contribution in [-0.4, -0.2) is 27.4 Å². The van der Waals surface area contributed by atoms with Crippen LogP contribution in [0.4, 0.5) is 0 Å². The first-order valence-electron chi connectivity index (χ1n) is 7.76. The fraction of sp³-hybridized carbons (Fsp3) is 0.412. The van der Waals surface area contributed by atoms with Crippen LogP contribution in [0.25, 0.3) is 11.5 Å². The number of aromatic nitrogens is 2. The van der Waals surface area contributed by atoms with Crippen molar-refractivity contribution in [1.29, 1.82) is 5.26 Å². The monoisotopic (exact) mass is 342 g/mol. The fourth-order valence-electron chi connectivity index (χ4n) is 2.42. The molecule has 1 aromatic carbocycles. The third kappa shape index (κ3) is 3.77. The molecule has 1 amide bonds. The third-order valence-corrected chi connectivity index (χ3v) is 4.88. The Morgan fingerprint density at radius 3 is 2.75 bits per heavy atom. The van der Waals surface area contributed by atoms with Crippen molar-refractivity contribution in [3.8, 4) is 17.5 Å². The number of amides is 1. The highest BCUT2D eigenvalue weighted by molar-refractivity contribution is 7.99. The van der Waals surface area contributed by atoms with Gasteiger partial charge in [-0.2, -0.15) is 5.26 Å². The highest BCUT2D eigenvalue weighted by atomic mass is 32.2. The fourth-order valence-corrected chi connectivity index (χ4v) is 2.98. The van der Waals surface area contributed by atoms with Crippen LogP contribution in [0.1, 0.15) is 25.3 Å². The van der Waals surface area contributed by atoms with Crippen LogP contribution in [0, 0.1) is 24.2 Å². The first kappa shape index (κ1) is 16.5. The molecule has 1 fully saturated rings. The zero-order valence-electron chi connectivity index (χ0n) is 13.6. The zero-order valence-corrected chi connectivity index (χ0v) is 14.4. The number of thioether (sulfide) groups is 1. The van der Waals surface area contributed by atoms with Gasteiger partial charge < -0.3 is 9.73 Å². The largest absolute Gasteiger partial charge is 0.411 e. The van der Waals surface area contributed by atoms with Crippen molar-refractivity contribution < 1.29 is 9.21 Å². The van der Waals surface area contributed by atoms with Crippen LogP contribution in [-0.2, 0) is 4.79 Å². The maximum Gasteiger partial charge on any atom is 0.277 e. The molecule has 1 atom stereocenters. The molecule has 1 aliphatic rings. The van der Waals surface area contributed by atoms with E-state index in [1.54, 1.807) is 6.92 Å². The van der Waals surface area contributed by atoms with E-state index < -0.39 is 5.54 Å². The van der Waals surface area contributed by atoms with E-state index in [-0.39, 0.29) is 17.6 Å². The molecule has 24 heavy (non-hydrogen) atoms. The summed E-state index contributed by atoms with van der Waals surface area (Å²) in [4.78, 5) is 12.1. The SMILES string of the molecule is Cc1ccc(-c2nnc(SCC(=O)N[C@](C)(C#N)C3CC3)o2)cc1. The van der Waals surface area contributed by atoms with Crippen molar-refractivity contribution in [2.24, 2.45) is 5.92 Å². The number of rotatable bonds is 6. The Bertz CT molecular complexity index is 777. The molecular weight excluding hydrogens is 324 g/mol. The van der Waals surface area contributed by atoms with Crippen LogP contribution in [0.2, 0.25) is 0 Å². The number of nitriles is 1. The van der Waals surface area contributed by atoms with Gasteiger partial charge in [0.15, 0.2) is 0 Å². The van der Waals surface area contributed by atoms with Crippen molar-refractivity contribution in [3.63, 3.8) is 0 Å². The van der Waals surface area contributed by atoms with Gasteiger partial charge in [0, 0.05) is 5.56 Å². The van der Waals surface area contributed by atoms with Crippen LogP contribution < -0.4 is 5.32 Å². The van der Waals surface area contributed by atoms with Gasteiger partial charge in [0.2, 0.25) is 11.8 Å². The van der Waals surface area contributed by atoms with Gasteiger partial charge in [-0.15, -0.1) is 10.2 Å². The molecule has 1 saturated carbocycles. The Morgan fingerprint density at radius 2 is 2.12 bits per heavy atom. The Labute approximate surface area is 144 Å². The van der Waals surface area contributed by atoms with Gasteiger partial charge >= 0.3 is 0 Å². The lowest BCUT2D eigenvalue weighted by Gasteiger charge is -2.22. The molecule has 6 nitrogen and oxygen atoms in total. The minimum Gasteiger partial charge on any atom is -0.411 e. The lowest BCUT2D eigenvalue weighted by molar-refractivity contribution is -0.119. The van der Waals surface area contributed by atoms with Crippen LogP contribution >= 0.6 is 11.8 Å². The van der Waals surface area contributed by atoms with E-state index in [1.165, 1.54) is 11.8 Å². The van der Waals surface area contributed by atoms with Crippen LogP contribution in [0.5, 0.6) is 0 Å². The number of carbonyl (C=O) groups excluding carboxylic acids is 1. The Kier molecular flexibility index (Phi) is 4.58. The standard InChI is InChI=1S/C17H18N4O2S/c1-11-3-5-12(6-4-11)15-20-21-16(23-15)24-9-14(22)19-17(2,10-18)13-7-8-13/h3-6,13H,7-9H2,1-2H3,(H,19,22)/t17-/m1/s1. The molecule has 0 spiro atoms. The average molecular weight is 342 g/mol. The molecular formula is C17H18N4O2S. The second kappa shape index (κ2) is 6.65. The second-order valence-corrected chi connectivity index (χ2v) is 7.09. The maximum absolute atomic E-state index is 12.1. The molecule has 0 unspecified atom stereocenters. The summed E-state index contributed by atoms with van der Waals surface area (Å²) >= 11 is 1.17. The van der Waals surface area contributed by atoms with Crippen LogP contribution in [0.3, 0.4) is 0 Å². The minimum atomic E-state index is -0.778. The summed E-state index contributed by atoms with van der Waals surface area (Å²) in [5.41, 5.74) is 1.22. The summed E-state index contributed by atoms with van der Waals surface area (Å²) in [7, 11) is 0. The van der Waals surface area contributed by atoms with Crippen molar-refractivity contribution in [1.82, 2.24) is 15.5 Å². The Balaban J connectivity index is 1.56. The van der Waals surface area contributed by atoms with Gasteiger partial charge in [-0.1, -0.05) is 29.5 Å². The highest BCUT2D eigenvalue weighted by Crippen LogP contribution is 2.39. The van der Waals surface area contributed by atoms with Crippen molar-refractivity contribution in [2.45, 2.75) is 37.5 Å². The predicted octanol–water partition coefficient (Wildman–Crippen LogP) is 2.95. The summed E-state index contributed by atoms with van der Waals surface area (Å²) in [6.07, 6.45) is 1.97. The molecule has 0 radical (unpaired) electrons. The van der Waals surface area contributed by atoms with Gasteiger partial charge in [-0.3, -0.25) is 4.79 Å². The minimum absolute atomic E-state index is 0.138. The average Bonchev–Trinajstić information content (AvgIpc) is 3.33. The Hall–Kier alpha value is -2.33. The van der Waals surface area contributed by atoms with Crippen molar-refractivity contribution >= 4 is 17.7 Å². The normalized spacial score (nSPS) is 16.2. The van der Waals surface area contributed by atoms with Gasteiger partial charge in [-0.25, -0.2) is 0 Å². The molecule has 3 rings (SSSR count). The molecule has 1 N–H and O–H groups in total. The summed E-state index contributed by atoms with van der Waals surface area (Å²) in [6.45, 7) is 3.78. The van der Waals surface area contributed by atoms with E-state index in [9.17, 15) is 10.1 Å². The molecule has 7 heteroatoms. The Morgan fingerprint density at radius 1 is 1.42 bits per heavy atom. The van der Waals surface area contributed by atoms with E-state index in [2.05, 4.69) is 21.6 Å². The molecule has 1 heterocycles. The number of hydrogen-bond acceptors (Lipinski definition) is 6. The number of nitrogens with one attached hydrogen (secondary N) is 1. The van der Waals surface area contributed by atoms with E-state index in [0.717, 1.165) is 24.0 Å². The smallest absolute Gasteiger partial charge is 0.277 e. The van der Waals surface area contributed by atoms with Crippen LogP contribution in [0.15, 0.2) is 33.9 Å². The summed E-state index contributed by atoms with van der Waals surface area (Å²) < 4.78 is 5.57. The van der Waals surface area contributed by atoms with E-state index in [1.807, 2.05) is 31.2 Å². The number of hydrogen-bond donors (Lipinski definition) is 1. The molecule has 0 aliphatic heterocycles. The van der Waals surface area contributed by atoms with Gasteiger partial charge in [0.1, 0.15) is 5.54 Å². The summed E-state index contributed by atoms with van der Waals surface area (Å²) in [5.74, 6) is 0.622. The number of benzene rings is 1. The summed E-state index contributed by atoms with van der Waals surface area (Å²) in [5, 5.41) is 20.4. The van der Waals surface area contributed by atoms with E-state index in [0.29, 0.717) is 11.1 Å². The van der Waals surface area contributed by atoms with E-state index >= 15 is 0 Å². The topological polar surface area (TPSA) is 91.8 Å². The number of aryl methyl sites for hydroxylation is 1. The lowest BCUT2D eigenvalue weighted by Crippen LogP contribution is -2.47. The zero-order chi connectivity index (χ0) is 17.2. The first-order chi connectivity index (χ1) is 11.5. The van der Waals surface area contributed by atoms with Gasteiger partial charge in [-0.05, 0) is 44.7 Å². The lowest BCUT2D eigenvalue weighted by atomic mass is 9.98. The van der Waals surface area contributed by atoms with Gasteiger partial charge in [0.25, 0.3) is 5.22 Å². The quantitative estimate of drug-likeness (QED) is 0.812. The third-order valence-electron chi connectivity index (χ3n) is 4.06. The molecule has 0 bridgehead atoms. The number of nitrogens with zero attached hydrogens (tertiary/aromatic N) is 3. The molecule has 0 saturated heterocycles. The maximum atomic E-state index is 12.1. The molecule has 1 aromatic heterocycles.